The molecule has 0 aliphatic rings. The topological polar surface area (TPSA) is 95.9 Å². The number of carbonyl (C=O) groups is 2. The van der Waals surface area contributed by atoms with E-state index in [4.69, 9.17) is 4.74 Å². The molecule has 6 nitrogen and oxygen atoms in total. The third-order valence-corrected chi connectivity index (χ3v) is 18.7. The van der Waals surface area contributed by atoms with Gasteiger partial charge in [0.2, 0.25) is 5.91 Å². The van der Waals surface area contributed by atoms with E-state index in [1.54, 1.807) is 6.08 Å². The summed E-state index contributed by atoms with van der Waals surface area (Å²) >= 11 is 0. The van der Waals surface area contributed by atoms with Gasteiger partial charge in [0.1, 0.15) is 0 Å². The number of allylic oxidation sites excluding steroid dienone is 3. The number of carbonyl (C=O) groups excluding carboxylic acids is 2. The Morgan fingerprint density at radius 2 is 0.547 bits per heavy atom. The van der Waals surface area contributed by atoms with E-state index >= 15 is 0 Å². The van der Waals surface area contributed by atoms with Crippen LogP contribution in [0.2, 0.25) is 0 Å². The molecule has 0 heterocycles. The van der Waals surface area contributed by atoms with Gasteiger partial charge < -0.3 is 20.3 Å². The Morgan fingerprint density at radius 3 is 0.826 bits per heavy atom. The van der Waals surface area contributed by atoms with Gasteiger partial charge in [-0.05, 0) is 57.8 Å². The molecule has 0 saturated carbocycles. The minimum atomic E-state index is -0.842. The van der Waals surface area contributed by atoms with Crippen LogP contribution in [0.1, 0.15) is 450 Å². The molecule has 1 amide bonds. The van der Waals surface area contributed by atoms with E-state index in [0.717, 1.165) is 38.5 Å². The largest absolute Gasteiger partial charge is 0.466 e. The molecule has 6 heteroatoms. The zero-order chi connectivity index (χ0) is 62.0. The lowest BCUT2D eigenvalue weighted by Crippen LogP contribution is -2.45. The van der Waals surface area contributed by atoms with Gasteiger partial charge in [0.15, 0.2) is 0 Å². The van der Waals surface area contributed by atoms with Crippen LogP contribution >= 0.6 is 0 Å². The van der Waals surface area contributed by atoms with E-state index in [1.807, 2.05) is 6.08 Å². The third kappa shape index (κ3) is 71.4. The fourth-order valence-corrected chi connectivity index (χ4v) is 12.7. The fraction of sp³-hybridized carbons (Fsp3) is 0.925. The van der Waals surface area contributed by atoms with Crippen LogP contribution in [-0.2, 0) is 14.3 Å². The molecule has 0 aliphatic heterocycles. The summed E-state index contributed by atoms with van der Waals surface area (Å²) < 4.78 is 5.52. The predicted octanol–water partition coefficient (Wildman–Crippen LogP) is 26.0. The van der Waals surface area contributed by atoms with E-state index in [1.165, 1.54) is 385 Å². The zero-order valence-corrected chi connectivity index (χ0v) is 58.6. The number of esters is 1. The maximum Gasteiger partial charge on any atom is 0.305 e. The number of nitrogens with one attached hydrogen (secondary N) is 1. The quantitative estimate of drug-likeness (QED) is 0.0320. The van der Waals surface area contributed by atoms with Crippen molar-refractivity contribution in [1.29, 1.82) is 0 Å². The Bertz CT molecular complexity index is 1350. The van der Waals surface area contributed by atoms with Gasteiger partial charge in [-0.15, -0.1) is 0 Å². The number of aliphatic hydroxyl groups is 2. The molecule has 86 heavy (non-hydrogen) atoms. The lowest BCUT2D eigenvalue weighted by molar-refractivity contribution is -0.143. The lowest BCUT2D eigenvalue weighted by Gasteiger charge is -2.20. The molecule has 0 spiro atoms. The molecule has 2 unspecified atom stereocenters. The van der Waals surface area contributed by atoms with Crippen LogP contribution in [0.25, 0.3) is 0 Å². The molecule has 3 N–H and O–H groups in total. The highest BCUT2D eigenvalue weighted by Gasteiger charge is 2.18. The minimum Gasteiger partial charge on any atom is -0.466 e. The van der Waals surface area contributed by atoms with Gasteiger partial charge in [0.05, 0.1) is 25.4 Å². The first-order valence-electron chi connectivity index (χ1n) is 39.6. The molecular weight excluding hydrogens is 1050 g/mol. The van der Waals surface area contributed by atoms with Crippen molar-refractivity contribution in [2.75, 3.05) is 13.2 Å². The van der Waals surface area contributed by atoms with Crippen LogP contribution in [0.4, 0.5) is 0 Å². The maximum absolute atomic E-state index is 12.5. The van der Waals surface area contributed by atoms with Crippen LogP contribution in [0.15, 0.2) is 24.3 Å². The Kier molecular flexibility index (Phi) is 74.3. The van der Waals surface area contributed by atoms with Crippen LogP contribution in [-0.4, -0.2) is 47.4 Å². The third-order valence-electron chi connectivity index (χ3n) is 18.7. The molecule has 0 fully saturated rings. The molecule has 0 aromatic rings. The first-order chi connectivity index (χ1) is 42.5. The molecule has 0 radical (unpaired) electrons. The number of aliphatic hydroxyl groups excluding tert-OH is 2. The van der Waals surface area contributed by atoms with Crippen LogP contribution in [0, 0.1) is 0 Å². The van der Waals surface area contributed by atoms with E-state index in [9.17, 15) is 19.8 Å². The lowest BCUT2D eigenvalue weighted by atomic mass is 10.0. The number of unbranched alkanes of at least 4 members (excludes halogenated alkanes) is 62. The standard InChI is InChI=1S/C80H155NO5/c1-3-5-7-9-11-13-15-17-19-21-23-37-40-44-48-52-56-60-64-68-72-78(83)77(76-82)81-79(84)73-69-65-61-57-53-49-45-41-38-34-32-30-28-26-24-25-27-29-31-33-35-39-43-47-51-55-59-63-67-71-75-86-80(85)74-70-66-62-58-54-50-46-42-36-22-20-18-16-14-12-10-8-6-4-2/h18,20,68,72,77-78,82-83H,3-17,19,21-67,69-71,73-76H2,1-2H3,(H,81,84)/b20-18-,72-68+. The Labute approximate surface area is 539 Å². The van der Waals surface area contributed by atoms with Crippen molar-refractivity contribution >= 4 is 11.9 Å². The minimum absolute atomic E-state index is 0.0205. The summed E-state index contributed by atoms with van der Waals surface area (Å²) in [4.78, 5) is 24.7. The predicted molar refractivity (Wildman–Crippen MR) is 380 cm³/mol. The van der Waals surface area contributed by atoms with Gasteiger partial charge in [-0.25, -0.2) is 0 Å². The molecule has 0 aliphatic carbocycles. The summed E-state index contributed by atoms with van der Waals surface area (Å²) in [6.45, 7) is 4.95. The van der Waals surface area contributed by atoms with Crippen LogP contribution in [0.3, 0.4) is 0 Å². The van der Waals surface area contributed by atoms with E-state index in [0.29, 0.717) is 19.4 Å². The first kappa shape index (κ1) is 84.3. The number of rotatable bonds is 75. The van der Waals surface area contributed by atoms with Crippen molar-refractivity contribution < 1.29 is 24.5 Å². The highest BCUT2D eigenvalue weighted by atomic mass is 16.5. The summed E-state index contributed by atoms with van der Waals surface area (Å²) in [5.41, 5.74) is 0. The van der Waals surface area contributed by atoms with Crippen LogP contribution in [0.5, 0.6) is 0 Å². The second kappa shape index (κ2) is 75.8. The van der Waals surface area contributed by atoms with Crippen molar-refractivity contribution in [3.05, 3.63) is 24.3 Å². The SMILES string of the molecule is CCCCCCCC/C=C\CCCCCCCCCCCC(=O)OCCCCCCCCCCCCCCCCCCCCCCCCCCCCCCCCC(=O)NC(CO)C(O)/C=C/CCCCCCCCCCCCCCCCCCCC. The normalized spacial score (nSPS) is 12.6. The number of hydrogen-bond acceptors (Lipinski definition) is 5. The zero-order valence-electron chi connectivity index (χ0n) is 58.6. The van der Waals surface area contributed by atoms with Gasteiger partial charge in [0, 0.05) is 12.8 Å². The first-order valence-corrected chi connectivity index (χ1v) is 39.6. The molecule has 0 saturated heterocycles. The highest BCUT2D eigenvalue weighted by Crippen LogP contribution is 2.20. The Hall–Kier alpha value is -1.66. The summed E-state index contributed by atoms with van der Waals surface area (Å²) in [6.07, 6.45) is 97.3. The monoisotopic (exact) mass is 1210 g/mol. The average molecular weight is 1210 g/mol. The van der Waals surface area contributed by atoms with E-state index in [-0.39, 0.29) is 18.5 Å². The van der Waals surface area contributed by atoms with E-state index in [2.05, 4.69) is 31.3 Å². The average Bonchev–Trinajstić information content (AvgIpc) is 3.54. The van der Waals surface area contributed by atoms with Crippen molar-refractivity contribution in [1.82, 2.24) is 5.32 Å². The molecular formula is C80H155NO5. The fourth-order valence-electron chi connectivity index (χ4n) is 12.7. The van der Waals surface area contributed by atoms with Crippen molar-refractivity contribution in [2.45, 2.75) is 463 Å². The second-order valence-corrected chi connectivity index (χ2v) is 27.4. The summed E-state index contributed by atoms with van der Waals surface area (Å²) in [6, 6.07) is -0.626. The van der Waals surface area contributed by atoms with E-state index < -0.39 is 12.1 Å². The molecule has 2 atom stereocenters. The number of hydrogen-bond donors (Lipinski definition) is 3. The Balaban J connectivity index is 3.34. The molecule has 510 valence electrons. The van der Waals surface area contributed by atoms with Crippen LogP contribution < -0.4 is 5.32 Å². The maximum atomic E-state index is 12.5. The molecule has 0 bridgehead atoms. The van der Waals surface area contributed by atoms with Gasteiger partial charge in [0.25, 0.3) is 0 Å². The highest BCUT2D eigenvalue weighted by molar-refractivity contribution is 5.76. The summed E-state index contributed by atoms with van der Waals surface area (Å²) in [5.74, 6) is -0.0390. The molecule has 0 aromatic heterocycles. The van der Waals surface area contributed by atoms with Gasteiger partial charge in [-0.1, -0.05) is 404 Å². The van der Waals surface area contributed by atoms with Gasteiger partial charge in [-0.3, -0.25) is 9.59 Å². The van der Waals surface area contributed by atoms with Gasteiger partial charge in [-0.2, -0.15) is 0 Å². The number of ether oxygens (including phenoxy) is 1. The molecule has 0 rings (SSSR count). The molecule has 0 aromatic carbocycles. The van der Waals surface area contributed by atoms with Crippen molar-refractivity contribution in [2.24, 2.45) is 0 Å². The second-order valence-electron chi connectivity index (χ2n) is 27.4. The Morgan fingerprint density at radius 1 is 0.314 bits per heavy atom. The van der Waals surface area contributed by atoms with Crippen molar-refractivity contribution in [3.8, 4) is 0 Å². The van der Waals surface area contributed by atoms with Crippen molar-refractivity contribution in [3.63, 3.8) is 0 Å². The summed E-state index contributed by atoms with van der Waals surface area (Å²) in [7, 11) is 0. The number of amides is 1. The smallest absolute Gasteiger partial charge is 0.305 e. The van der Waals surface area contributed by atoms with Gasteiger partial charge >= 0.3 is 5.97 Å². The summed E-state index contributed by atoms with van der Waals surface area (Å²) in [5, 5.41) is 23.3.